The summed E-state index contributed by atoms with van der Waals surface area (Å²) in [5.74, 6) is 0.917. The Labute approximate surface area is 200 Å². The average molecular weight is 462 g/mol. The van der Waals surface area contributed by atoms with Crippen molar-refractivity contribution in [2.45, 2.75) is 26.3 Å². The molecule has 2 amide bonds. The maximum Gasteiger partial charge on any atom is 0.263 e. The lowest BCUT2D eigenvalue weighted by molar-refractivity contribution is -0.131. The summed E-state index contributed by atoms with van der Waals surface area (Å²) in [6.45, 7) is 4.21. The number of carbonyl (C=O) groups excluding carboxylic acids is 2. The van der Waals surface area contributed by atoms with Crippen LogP contribution < -0.4 is 20.2 Å². The molecule has 0 aliphatic carbocycles. The zero-order valence-corrected chi connectivity index (χ0v) is 20.0. The van der Waals surface area contributed by atoms with Gasteiger partial charge in [0.05, 0.1) is 19.9 Å². The molecule has 7 heteroatoms. The van der Waals surface area contributed by atoms with E-state index in [1.165, 1.54) is 5.01 Å². The van der Waals surface area contributed by atoms with Crippen LogP contribution >= 0.6 is 0 Å². The van der Waals surface area contributed by atoms with Gasteiger partial charge in [0, 0.05) is 18.5 Å². The number of rotatable bonds is 10. The van der Waals surface area contributed by atoms with Crippen LogP contribution in [0.1, 0.15) is 28.4 Å². The summed E-state index contributed by atoms with van der Waals surface area (Å²) in [7, 11) is 3.21. The second-order valence-corrected chi connectivity index (χ2v) is 7.87. The van der Waals surface area contributed by atoms with Gasteiger partial charge in [0.15, 0.2) is 0 Å². The fourth-order valence-corrected chi connectivity index (χ4v) is 3.52. The van der Waals surface area contributed by atoms with Crippen molar-refractivity contribution in [2.75, 3.05) is 26.2 Å². The summed E-state index contributed by atoms with van der Waals surface area (Å²) in [6.07, 6.45) is 0.334. The van der Waals surface area contributed by atoms with Gasteiger partial charge in [0.25, 0.3) is 11.8 Å². The number of aryl methyl sites for hydroxylation is 1. The molecule has 0 aliphatic heterocycles. The second-order valence-electron chi connectivity index (χ2n) is 7.87. The predicted octanol–water partition coefficient (Wildman–Crippen LogP) is 4.23. The van der Waals surface area contributed by atoms with Gasteiger partial charge in [-0.2, -0.15) is 0 Å². The van der Waals surface area contributed by atoms with E-state index in [9.17, 15) is 9.59 Å². The minimum absolute atomic E-state index is 0.241. The van der Waals surface area contributed by atoms with Crippen molar-refractivity contribution in [1.82, 2.24) is 10.3 Å². The largest absolute Gasteiger partial charge is 0.497 e. The van der Waals surface area contributed by atoms with Crippen molar-refractivity contribution in [3.05, 3.63) is 89.5 Å². The maximum atomic E-state index is 13.6. The molecule has 0 saturated carbocycles. The van der Waals surface area contributed by atoms with E-state index in [0.29, 0.717) is 18.5 Å². The quantitative estimate of drug-likeness (QED) is 0.442. The number of amides is 2. The summed E-state index contributed by atoms with van der Waals surface area (Å²) in [5.41, 5.74) is 6.28. The van der Waals surface area contributed by atoms with Crippen LogP contribution in [0.3, 0.4) is 0 Å². The van der Waals surface area contributed by atoms with Crippen LogP contribution in [0.15, 0.2) is 72.8 Å². The number of ether oxygens (including phenoxy) is 2. The molecule has 0 spiro atoms. The highest BCUT2D eigenvalue weighted by Gasteiger charge is 2.26. The minimum atomic E-state index is -0.771. The molecule has 7 nitrogen and oxygen atoms in total. The summed E-state index contributed by atoms with van der Waals surface area (Å²) >= 11 is 0. The normalized spacial score (nSPS) is 11.3. The number of hydrazine groups is 1. The molecule has 0 radical (unpaired) electrons. The van der Waals surface area contributed by atoms with E-state index in [-0.39, 0.29) is 11.8 Å². The van der Waals surface area contributed by atoms with Crippen molar-refractivity contribution in [3.63, 3.8) is 0 Å². The van der Waals surface area contributed by atoms with E-state index in [2.05, 4.69) is 10.7 Å². The van der Waals surface area contributed by atoms with Crippen LogP contribution in [-0.4, -0.2) is 43.6 Å². The Morgan fingerprint density at radius 3 is 2.09 bits per heavy atom. The molecule has 0 fully saturated rings. The Kier molecular flexibility index (Phi) is 8.51. The molecule has 0 saturated heterocycles. The number of methoxy groups -OCH3 is 2. The highest BCUT2D eigenvalue weighted by atomic mass is 16.5. The van der Waals surface area contributed by atoms with Crippen molar-refractivity contribution < 1.29 is 19.1 Å². The molecule has 0 heterocycles. The Morgan fingerprint density at radius 1 is 0.912 bits per heavy atom. The first-order valence-electron chi connectivity index (χ1n) is 11.2. The molecular formula is C27H31N3O4. The van der Waals surface area contributed by atoms with Crippen molar-refractivity contribution in [2.24, 2.45) is 0 Å². The van der Waals surface area contributed by atoms with Crippen LogP contribution in [0, 0.1) is 6.92 Å². The van der Waals surface area contributed by atoms with Gasteiger partial charge in [-0.15, -0.1) is 0 Å². The average Bonchev–Trinajstić information content (AvgIpc) is 2.87. The Bertz CT molecular complexity index is 1100. The molecule has 0 bridgehead atoms. The van der Waals surface area contributed by atoms with Gasteiger partial charge < -0.3 is 14.8 Å². The van der Waals surface area contributed by atoms with Gasteiger partial charge in [-0.1, -0.05) is 29.8 Å². The molecule has 3 rings (SSSR count). The highest BCUT2D eigenvalue weighted by Crippen LogP contribution is 2.17. The number of nitrogens with one attached hydrogen (secondary N) is 2. The number of likely N-dealkylation sites (N-methyl/N-ethyl adjacent to an activating group) is 1. The second kappa shape index (κ2) is 11.7. The lowest BCUT2D eigenvalue weighted by atomic mass is 10.0. The number of nitrogens with zero attached hydrogens (tertiary/aromatic N) is 1. The van der Waals surface area contributed by atoms with E-state index in [1.807, 2.05) is 74.5 Å². The Morgan fingerprint density at radius 2 is 1.53 bits per heavy atom. The van der Waals surface area contributed by atoms with Gasteiger partial charge in [0.2, 0.25) is 0 Å². The Balaban J connectivity index is 1.82. The third-order valence-corrected chi connectivity index (χ3v) is 5.42. The number of hydrogen-bond acceptors (Lipinski definition) is 5. The molecule has 0 aromatic heterocycles. The molecule has 34 heavy (non-hydrogen) atoms. The van der Waals surface area contributed by atoms with E-state index in [0.717, 1.165) is 28.3 Å². The Hall–Kier alpha value is -4.00. The van der Waals surface area contributed by atoms with Gasteiger partial charge in [0.1, 0.15) is 17.5 Å². The molecule has 178 valence electrons. The predicted molar refractivity (Wildman–Crippen MR) is 133 cm³/mol. The number of anilines is 1. The topological polar surface area (TPSA) is 79.9 Å². The van der Waals surface area contributed by atoms with Gasteiger partial charge in [-0.25, -0.2) is 0 Å². The first-order valence-corrected chi connectivity index (χ1v) is 11.2. The zero-order valence-electron chi connectivity index (χ0n) is 20.0. The maximum absolute atomic E-state index is 13.6. The van der Waals surface area contributed by atoms with Crippen molar-refractivity contribution in [1.29, 1.82) is 0 Å². The van der Waals surface area contributed by atoms with Crippen LogP contribution in [0.2, 0.25) is 0 Å². The van der Waals surface area contributed by atoms with Crippen molar-refractivity contribution in [3.8, 4) is 11.5 Å². The third kappa shape index (κ3) is 6.51. The van der Waals surface area contributed by atoms with Gasteiger partial charge >= 0.3 is 0 Å². The van der Waals surface area contributed by atoms with Crippen LogP contribution in [0.25, 0.3) is 0 Å². The summed E-state index contributed by atoms with van der Waals surface area (Å²) in [6, 6.07) is 21.3. The molecule has 3 aromatic rings. The van der Waals surface area contributed by atoms with Crippen molar-refractivity contribution >= 4 is 17.5 Å². The number of hydrogen-bond donors (Lipinski definition) is 2. The number of carbonyl (C=O) groups is 2. The molecule has 3 aromatic carbocycles. The first-order chi connectivity index (χ1) is 16.4. The molecular weight excluding hydrogens is 430 g/mol. The van der Waals surface area contributed by atoms with Crippen LogP contribution in [0.4, 0.5) is 5.69 Å². The summed E-state index contributed by atoms with van der Waals surface area (Å²) in [4.78, 5) is 26.6. The monoisotopic (exact) mass is 461 g/mol. The fraction of sp³-hybridized carbons (Fsp3) is 0.259. The van der Waals surface area contributed by atoms with E-state index < -0.39 is 6.04 Å². The summed E-state index contributed by atoms with van der Waals surface area (Å²) < 4.78 is 10.4. The molecule has 1 unspecified atom stereocenters. The zero-order chi connectivity index (χ0) is 24.5. The van der Waals surface area contributed by atoms with Gasteiger partial charge in [-0.05, 0) is 67.9 Å². The molecule has 0 aliphatic rings. The van der Waals surface area contributed by atoms with E-state index >= 15 is 0 Å². The highest BCUT2D eigenvalue weighted by molar-refractivity contribution is 5.98. The van der Waals surface area contributed by atoms with E-state index in [4.69, 9.17) is 9.47 Å². The fourth-order valence-electron chi connectivity index (χ4n) is 3.52. The summed E-state index contributed by atoms with van der Waals surface area (Å²) in [5, 5.41) is 4.44. The first kappa shape index (κ1) is 24.6. The SMILES string of the molecule is CCN(Nc1ccc(OC)cc1)C(=O)C(Cc1ccc(OC)cc1)NC(=O)c1cccc(C)c1. The van der Waals surface area contributed by atoms with Gasteiger partial charge in [-0.3, -0.25) is 20.0 Å². The molecule has 2 N–H and O–H groups in total. The van der Waals surface area contributed by atoms with Crippen LogP contribution in [0.5, 0.6) is 11.5 Å². The van der Waals surface area contributed by atoms with E-state index in [1.54, 1.807) is 26.4 Å². The standard InChI is InChI=1S/C27H31N3O4/c1-5-30(29-22-11-15-24(34-4)16-12-22)27(32)25(18-20-9-13-23(33-3)14-10-20)28-26(31)21-8-6-7-19(2)17-21/h6-17,25,29H,5,18H2,1-4H3,(H,28,31). The number of benzene rings is 3. The lowest BCUT2D eigenvalue weighted by Gasteiger charge is -2.28. The molecule has 1 atom stereocenters. The van der Waals surface area contributed by atoms with Crippen LogP contribution in [-0.2, 0) is 11.2 Å². The lowest BCUT2D eigenvalue weighted by Crippen LogP contribution is -2.51. The third-order valence-electron chi connectivity index (χ3n) is 5.42. The smallest absolute Gasteiger partial charge is 0.263 e. The minimum Gasteiger partial charge on any atom is -0.497 e.